The van der Waals surface area contributed by atoms with Gasteiger partial charge in [-0.15, -0.1) is 0 Å². The number of benzene rings is 2. The lowest BCUT2D eigenvalue weighted by atomic mass is 9.73. The molecule has 1 fully saturated rings. The minimum atomic E-state index is -0.761. The molecule has 1 saturated heterocycles. The van der Waals surface area contributed by atoms with Gasteiger partial charge in [-0.25, -0.2) is 0 Å². The van der Waals surface area contributed by atoms with E-state index in [1.807, 2.05) is 69.3 Å². The Hall–Kier alpha value is -2.82. The molecule has 2 heterocycles. The van der Waals surface area contributed by atoms with Gasteiger partial charge in [-0.2, -0.15) is 0 Å². The fraction of sp³-hybridized carbons (Fsp3) is 0.364. The molecule has 3 atom stereocenters. The molecule has 2 aliphatic rings. The number of ether oxygens (including phenoxy) is 1. The number of carbonyl (C=O) groups is 2. The molecule has 1 N–H and O–H groups in total. The third-order valence-corrected chi connectivity index (χ3v) is 5.64. The van der Waals surface area contributed by atoms with Crippen molar-refractivity contribution in [2.75, 3.05) is 11.9 Å². The zero-order chi connectivity index (χ0) is 19.2. The second-order valence-corrected chi connectivity index (χ2v) is 7.54. The number of hydrogen-bond acceptors (Lipinski definition) is 3. The Morgan fingerprint density at radius 3 is 2.78 bits per heavy atom. The molecule has 2 aromatic carbocycles. The summed E-state index contributed by atoms with van der Waals surface area (Å²) >= 11 is 0. The summed E-state index contributed by atoms with van der Waals surface area (Å²) in [4.78, 5) is 28.1. The molecule has 2 bridgehead atoms. The molecular weight excluding hydrogens is 340 g/mol. The maximum absolute atomic E-state index is 13.3. The Morgan fingerprint density at radius 2 is 2.04 bits per heavy atom. The lowest BCUT2D eigenvalue weighted by Gasteiger charge is -2.52. The fourth-order valence-corrected chi connectivity index (χ4v) is 4.44. The minimum Gasteiger partial charge on any atom is -0.468 e. The van der Waals surface area contributed by atoms with Crippen LogP contribution in [0.5, 0.6) is 5.75 Å². The number of hydrogen-bond donors (Lipinski definition) is 1. The highest BCUT2D eigenvalue weighted by atomic mass is 16.5. The number of anilines is 1. The predicted octanol–water partition coefficient (Wildman–Crippen LogP) is 3.69. The number of amides is 2. The van der Waals surface area contributed by atoms with Gasteiger partial charge < -0.3 is 15.0 Å². The van der Waals surface area contributed by atoms with Gasteiger partial charge in [-0.3, -0.25) is 9.59 Å². The van der Waals surface area contributed by atoms with Crippen LogP contribution in [0.1, 0.15) is 37.3 Å². The number of para-hydroxylation sites is 1. The number of fused-ring (bicyclic) bond motifs is 4. The smallest absolute Gasteiger partial charge is 0.238 e. The summed E-state index contributed by atoms with van der Waals surface area (Å²) in [5.41, 5.74) is 1.99. The molecule has 140 valence electrons. The summed E-state index contributed by atoms with van der Waals surface area (Å²) in [5, 5.41) is 2.95. The molecule has 2 aromatic rings. The molecule has 0 unspecified atom stereocenters. The van der Waals surface area contributed by atoms with Crippen molar-refractivity contribution in [2.24, 2.45) is 5.92 Å². The van der Waals surface area contributed by atoms with Crippen LogP contribution in [0.3, 0.4) is 0 Å². The molecule has 27 heavy (non-hydrogen) atoms. The van der Waals surface area contributed by atoms with Crippen LogP contribution in [0.2, 0.25) is 0 Å². The average Bonchev–Trinajstić information content (AvgIpc) is 2.61. The van der Waals surface area contributed by atoms with Crippen LogP contribution >= 0.6 is 0 Å². The van der Waals surface area contributed by atoms with Crippen molar-refractivity contribution in [2.45, 2.75) is 38.8 Å². The SMILES string of the molecule is CCN1C(=O)[C@H](C(=O)Nc2cccc(C)c2)[C@H]2C[C@@]1(C)Oc1ccccc12. The molecule has 5 nitrogen and oxygen atoms in total. The van der Waals surface area contributed by atoms with Gasteiger partial charge in [0.1, 0.15) is 11.7 Å². The number of carbonyl (C=O) groups excluding carboxylic acids is 2. The van der Waals surface area contributed by atoms with Crippen molar-refractivity contribution in [3.63, 3.8) is 0 Å². The monoisotopic (exact) mass is 364 g/mol. The number of rotatable bonds is 3. The van der Waals surface area contributed by atoms with E-state index in [9.17, 15) is 9.59 Å². The third-order valence-electron chi connectivity index (χ3n) is 5.64. The molecule has 0 radical (unpaired) electrons. The number of nitrogens with one attached hydrogen (secondary N) is 1. The van der Waals surface area contributed by atoms with Crippen LogP contribution in [0.4, 0.5) is 5.69 Å². The highest BCUT2D eigenvalue weighted by Crippen LogP contribution is 2.50. The Morgan fingerprint density at radius 1 is 1.26 bits per heavy atom. The van der Waals surface area contributed by atoms with Crippen molar-refractivity contribution >= 4 is 17.5 Å². The number of piperidine rings is 1. The first-order valence-electron chi connectivity index (χ1n) is 9.40. The summed E-state index contributed by atoms with van der Waals surface area (Å²) in [6.45, 7) is 6.33. The summed E-state index contributed by atoms with van der Waals surface area (Å²) in [6.07, 6.45) is 0.607. The first-order valence-corrected chi connectivity index (χ1v) is 9.40. The van der Waals surface area contributed by atoms with Crippen molar-refractivity contribution < 1.29 is 14.3 Å². The lowest BCUT2D eigenvalue weighted by Crippen LogP contribution is -2.64. The Bertz CT molecular complexity index is 910. The molecule has 0 saturated carbocycles. The second kappa shape index (κ2) is 6.41. The van der Waals surface area contributed by atoms with Crippen LogP contribution in [-0.2, 0) is 9.59 Å². The van der Waals surface area contributed by atoms with Crippen LogP contribution in [0, 0.1) is 12.8 Å². The van der Waals surface area contributed by atoms with E-state index in [1.54, 1.807) is 4.90 Å². The molecule has 2 aliphatic heterocycles. The van der Waals surface area contributed by atoms with Gasteiger partial charge in [0.2, 0.25) is 11.8 Å². The topological polar surface area (TPSA) is 58.6 Å². The number of likely N-dealkylation sites (tertiary alicyclic amines) is 1. The van der Waals surface area contributed by atoms with E-state index in [0.29, 0.717) is 18.7 Å². The highest BCUT2D eigenvalue weighted by molar-refractivity contribution is 6.08. The van der Waals surface area contributed by atoms with Gasteiger partial charge in [0.05, 0.1) is 0 Å². The van der Waals surface area contributed by atoms with Crippen molar-refractivity contribution in [3.05, 3.63) is 59.7 Å². The highest BCUT2D eigenvalue weighted by Gasteiger charge is 2.55. The van der Waals surface area contributed by atoms with Crippen LogP contribution in [-0.4, -0.2) is 29.0 Å². The van der Waals surface area contributed by atoms with Crippen LogP contribution in [0.15, 0.2) is 48.5 Å². The lowest BCUT2D eigenvalue weighted by molar-refractivity contribution is -0.174. The van der Waals surface area contributed by atoms with E-state index in [2.05, 4.69) is 5.32 Å². The van der Waals surface area contributed by atoms with Gasteiger partial charge in [0, 0.05) is 24.6 Å². The first kappa shape index (κ1) is 17.6. The van der Waals surface area contributed by atoms with E-state index < -0.39 is 11.6 Å². The Kier molecular flexibility index (Phi) is 4.17. The van der Waals surface area contributed by atoms with Crippen LogP contribution < -0.4 is 10.1 Å². The molecule has 5 heteroatoms. The molecule has 2 amide bonds. The van der Waals surface area contributed by atoms with Gasteiger partial charge in [-0.1, -0.05) is 30.3 Å². The predicted molar refractivity (Wildman–Crippen MR) is 104 cm³/mol. The molecule has 0 aliphatic carbocycles. The fourth-order valence-electron chi connectivity index (χ4n) is 4.44. The van der Waals surface area contributed by atoms with E-state index in [1.165, 1.54) is 0 Å². The van der Waals surface area contributed by atoms with E-state index in [-0.39, 0.29) is 17.7 Å². The average molecular weight is 364 g/mol. The van der Waals surface area contributed by atoms with E-state index in [0.717, 1.165) is 16.9 Å². The third kappa shape index (κ3) is 2.87. The minimum absolute atomic E-state index is 0.170. The molecule has 0 aromatic heterocycles. The van der Waals surface area contributed by atoms with Crippen molar-refractivity contribution in [1.29, 1.82) is 0 Å². The Labute approximate surface area is 159 Å². The maximum atomic E-state index is 13.3. The molecular formula is C22H24N2O3. The van der Waals surface area contributed by atoms with Gasteiger partial charge in [0.15, 0.2) is 5.72 Å². The summed E-state index contributed by atoms with van der Waals surface area (Å²) in [7, 11) is 0. The quantitative estimate of drug-likeness (QED) is 0.845. The van der Waals surface area contributed by atoms with Gasteiger partial charge >= 0.3 is 0 Å². The zero-order valence-electron chi connectivity index (χ0n) is 15.9. The van der Waals surface area contributed by atoms with Crippen molar-refractivity contribution in [1.82, 2.24) is 4.90 Å². The zero-order valence-corrected chi connectivity index (χ0v) is 15.9. The standard InChI is InChI=1S/C22H24N2O3/c1-4-24-21(26)19(20(25)23-15-9-7-8-14(2)12-15)17-13-22(24,3)27-18-11-6-5-10-16(17)18/h5-12,17,19H,4,13H2,1-3H3,(H,23,25)/t17-,19-,22+/m0/s1. The first-order chi connectivity index (χ1) is 12.9. The van der Waals surface area contributed by atoms with Gasteiger partial charge in [-0.05, 0) is 50.1 Å². The number of aryl methyl sites for hydroxylation is 1. The normalized spacial score (nSPS) is 26.2. The van der Waals surface area contributed by atoms with Crippen LogP contribution in [0.25, 0.3) is 0 Å². The summed E-state index contributed by atoms with van der Waals surface area (Å²) in [5.74, 6) is -0.622. The second-order valence-electron chi connectivity index (χ2n) is 7.54. The molecule has 0 spiro atoms. The summed E-state index contributed by atoms with van der Waals surface area (Å²) < 4.78 is 6.20. The van der Waals surface area contributed by atoms with Gasteiger partial charge in [0.25, 0.3) is 0 Å². The maximum Gasteiger partial charge on any atom is 0.238 e. The Balaban J connectivity index is 1.73. The molecule has 4 rings (SSSR count). The largest absolute Gasteiger partial charge is 0.468 e. The van der Waals surface area contributed by atoms with E-state index in [4.69, 9.17) is 4.74 Å². The van der Waals surface area contributed by atoms with Crippen molar-refractivity contribution in [3.8, 4) is 5.75 Å². The number of nitrogens with zero attached hydrogens (tertiary/aromatic N) is 1. The summed E-state index contributed by atoms with van der Waals surface area (Å²) in [6, 6.07) is 15.3. The van der Waals surface area contributed by atoms with E-state index >= 15 is 0 Å².